The van der Waals surface area contributed by atoms with Crippen LogP contribution in [0, 0.1) is 5.41 Å². The molecule has 4 heteroatoms. The first kappa shape index (κ1) is 11.7. The summed E-state index contributed by atoms with van der Waals surface area (Å²) in [5, 5.41) is 8.07. The molecule has 0 bridgehead atoms. The Morgan fingerprint density at radius 3 is 1.78 bits per heavy atom. The van der Waals surface area contributed by atoms with Crippen molar-refractivity contribution in [3.05, 3.63) is 0 Å². The second-order valence-electron chi connectivity index (χ2n) is 2.69. The van der Waals surface area contributed by atoms with Gasteiger partial charge in [-0.2, -0.15) is 0 Å². The van der Waals surface area contributed by atoms with E-state index in [1.54, 1.807) is 26.3 Å². The van der Waals surface area contributed by atoms with E-state index in [0.717, 1.165) is 0 Å². The standard InChI is InChI=1S/C5H11NO2.Fe/c1-5(2,3)4(7)6-8;/h8H,1-3H3,(H,6,7);. The molecule has 0 heterocycles. The molecule has 0 unspecified atom stereocenters. The molecule has 0 aliphatic carbocycles. The van der Waals surface area contributed by atoms with Gasteiger partial charge in [0, 0.05) is 22.5 Å². The molecule has 0 aromatic rings. The summed E-state index contributed by atoms with van der Waals surface area (Å²) < 4.78 is 0. The Hall–Kier alpha value is -0.0505. The molecule has 0 spiro atoms. The Labute approximate surface area is 65.3 Å². The summed E-state index contributed by atoms with van der Waals surface area (Å²) in [6.45, 7) is 5.16. The second kappa shape index (κ2) is 3.88. The van der Waals surface area contributed by atoms with Crippen LogP contribution < -0.4 is 5.48 Å². The molecule has 0 aromatic carbocycles. The molecule has 9 heavy (non-hydrogen) atoms. The molecule has 0 rings (SSSR count). The van der Waals surface area contributed by atoms with Crippen molar-refractivity contribution in [2.45, 2.75) is 20.8 Å². The Morgan fingerprint density at radius 1 is 1.44 bits per heavy atom. The van der Waals surface area contributed by atoms with Crippen LogP contribution in [-0.2, 0) is 21.9 Å². The summed E-state index contributed by atoms with van der Waals surface area (Å²) in [5.41, 5.74) is 1.07. The van der Waals surface area contributed by atoms with Gasteiger partial charge in [0.05, 0.1) is 0 Å². The van der Waals surface area contributed by atoms with Gasteiger partial charge in [0.25, 0.3) is 0 Å². The SMILES string of the molecule is CC(C)(C)C(=O)NO.[Fe]. The number of hydroxylamine groups is 1. The summed E-state index contributed by atoms with van der Waals surface area (Å²) in [6, 6.07) is 0. The average molecular weight is 173 g/mol. The fourth-order valence-corrected chi connectivity index (χ4v) is 0.168. The molecule has 0 aliphatic rings. The van der Waals surface area contributed by atoms with E-state index in [-0.39, 0.29) is 23.0 Å². The number of hydrogen-bond acceptors (Lipinski definition) is 2. The summed E-state index contributed by atoms with van der Waals surface area (Å²) in [7, 11) is 0. The molecule has 56 valence electrons. The third-order valence-electron chi connectivity index (χ3n) is 0.783. The van der Waals surface area contributed by atoms with E-state index in [1.807, 2.05) is 0 Å². The minimum atomic E-state index is -0.491. The first-order chi connectivity index (χ1) is 3.48. The normalized spacial score (nSPS) is 9.78. The number of carbonyl (C=O) groups excluding carboxylic acids is 1. The average Bonchev–Trinajstić information content (AvgIpc) is 1.62. The Bertz CT molecular complexity index is 97.6. The van der Waals surface area contributed by atoms with Crippen molar-refractivity contribution in [2.24, 2.45) is 5.41 Å². The van der Waals surface area contributed by atoms with Gasteiger partial charge in [0.15, 0.2) is 0 Å². The Balaban J connectivity index is 0. The van der Waals surface area contributed by atoms with Gasteiger partial charge >= 0.3 is 0 Å². The van der Waals surface area contributed by atoms with Gasteiger partial charge in [-0.05, 0) is 0 Å². The van der Waals surface area contributed by atoms with Gasteiger partial charge in [-0.1, -0.05) is 20.8 Å². The number of nitrogens with one attached hydrogen (secondary N) is 1. The number of amides is 1. The zero-order valence-corrected chi connectivity index (χ0v) is 6.81. The zero-order chi connectivity index (χ0) is 6.78. The van der Waals surface area contributed by atoms with E-state index in [1.165, 1.54) is 0 Å². The van der Waals surface area contributed by atoms with Gasteiger partial charge in [-0.25, -0.2) is 5.48 Å². The molecule has 2 N–H and O–H groups in total. The maximum absolute atomic E-state index is 10.5. The maximum Gasteiger partial charge on any atom is 0.248 e. The van der Waals surface area contributed by atoms with Gasteiger partial charge in [0.1, 0.15) is 0 Å². The quantitative estimate of drug-likeness (QED) is 0.319. The smallest absolute Gasteiger partial charge is 0.248 e. The third kappa shape index (κ3) is 4.45. The predicted octanol–water partition coefficient (Wildman–Crippen LogP) is 0.535. The first-order valence-electron chi connectivity index (χ1n) is 2.43. The van der Waals surface area contributed by atoms with Gasteiger partial charge < -0.3 is 0 Å². The third-order valence-corrected chi connectivity index (χ3v) is 0.783. The molecule has 0 atom stereocenters. The monoisotopic (exact) mass is 173 g/mol. The van der Waals surface area contributed by atoms with Crippen LogP contribution in [0.4, 0.5) is 0 Å². The van der Waals surface area contributed by atoms with Crippen LogP contribution >= 0.6 is 0 Å². The van der Waals surface area contributed by atoms with E-state index in [2.05, 4.69) is 0 Å². The number of carbonyl (C=O) groups is 1. The summed E-state index contributed by atoms with van der Waals surface area (Å²) in [4.78, 5) is 10.5. The van der Waals surface area contributed by atoms with Crippen molar-refractivity contribution in [2.75, 3.05) is 0 Å². The topological polar surface area (TPSA) is 49.3 Å². The van der Waals surface area contributed by atoms with E-state index in [4.69, 9.17) is 5.21 Å². The van der Waals surface area contributed by atoms with Crippen LogP contribution in [-0.4, -0.2) is 11.1 Å². The molecule has 0 saturated carbocycles. The van der Waals surface area contributed by atoms with Crippen molar-refractivity contribution >= 4 is 5.91 Å². The Morgan fingerprint density at radius 2 is 1.78 bits per heavy atom. The van der Waals surface area contributed by atoms with Crippen molar-refractivity contribution in [3.8, 4) is 0 Å². The van der Waals surface area contributed by atoms with E-state index in [9.17, 15) is 4.79 Å². The number of hydrogen-bond donors (Lipinski definition) is 2. The van der Waals surface area contributed by atoms with Crippen molar-refractivity contribution in [1.29, 1.82) is 0 Å². The van der Waals surface area contributed by atoms with Crippen LogP contribution in [0.3, 0.4) is 0 Å². The molecule has 0 aromatic heterocycles. The minimum absolute atomic E-state index is 0. The minimum Gasteiger partial charge on any atom is -0.289 e. The van der Waals surface area contributed by atoms with E-state index in [0.29, 0.717) is 0 Å². The second-order valence-corrected chi connectivity index (χ2v) is 2.69. The number of rotatable bonds is 0. The summed E-state index contributed by atoms with van der Waals surface area (Å²) >= 11 is 0. The largest absolute Gasteiger partial charge is 0.289 e. The fraction of sp³-hybridized carbons (Fsp3) is 0.800. The van der Waals surface area contributed by atoms with Gasteiger partial charge in [-0.3, -0.25) is 10.0 Å². The van der Waals surface area contributed by atoms with Crippen LogP contribution in [0.2, 0.25) is 0 Å². The molecule has 0 saturated heterocycles. The van der Waals surface area contributed by atoms with Crippen molar-refractivity contribution in [3.63, 3.8) is 0 Å². The van der Waals surface area contributed by atoms with Gasteiger partial charge in [-0.15, -0.1) is 0 Å². The van der Waals surface area contributed by atoms with Crippen LogP contribution in [0.25, 0.3) is 0 Å². The maximum atomic E-state index is 10.5. The zero-order valence-electron chi connectivity index (χ0n) is 5.71. The van der Waals surface area contributed by atoms with Crippen LogP contribution in [0.1, 0.15) is 20.8 Å². The fourth-order valence-electron chi connectivity index (χ4n) is 0.168. The molecule has 0 fully saturated rings. The van der Waals surface area contributed by atoms with Crippen LogP contribution in [0.15, 0.2) is 0 Å². The summed E-state index contributed by atoms with van der Waals surface area (Å²) in [5.74, 6) is -0.363. The molecular formula is C5H11FeNO2. The van der Waals surface area contributed by atoms with Crippen LogP contribution in [0.5, 0.6) is 0 Å². The molecule has 1 amide bonds. The van der Waals surface area contributed by atoms with E-state index < -0.39 is 5.41 Å². The molecule has 0 radical (unpaired) electrons. The van der Waals surface area contributed by atoms with E-state index >= 15 is 0 Å². The van der Waals surface area contributed by atoms with Gasteiger partial charge in [0.2, 0.25) is 5.91 Å². The molecular weight excluding hydrogens is 162 g/mol. The van der Waals surface area contributed by atoms with Crippen molar-refractivity contribution < 1.29 is 27.1 Å². The van der Waals surface area contributed by atoms with Crippen molar-refractivity contribution in [1.82, 2.24) is 5.48 Å². The molecule has 3 nitrogen and oxygen atoms in total. The summed E-state index contributed by atoms with van der Waals surface area (Å²) in [6.07, 6.45) is 0. The predicted molar refractivity (Wildman–Crippen MR) is 29.4 cm³/mol. The Kier molecular flexibility index (Phi) is 5.05. The first-order valence-corrected chi connectivity index (χ1v) is 2.43. The molecule has 0 aliphatic heterocycles.